The highest BCUT2D eigenvalue weighted by atomic mass is 35.5. The lowest BCUT2D eigenvalue weighted by Crippen LogP contribution is -2.26. The van der Waals surface area contributed by atoms with E-state index in [4.69, 9.17) is 11.6 Å². The second kappa shape index (κ2) is 5.96. The molecular formula is C12H15ClF3N3. The summed E-state index contributed by atoms with van der Waals surface area (Å²) in [6.07, 6.45) is -1.20. The molecule has 0 unspecified atom stereocenters. The summed E-state index contributed by atoms with van der Waals surface area (Å²) in [4.78, 5) is 6.02. The first-order valence-electron chi connectivity index (χ1n) is 6.16. The molecule has 1 saturated heterocycles. The Hall–Kier alpha value is -1.01. The molecule has 0 bridgehead atoms. The Morgan fingerprint density at radius 3 is 2.58 bits per heavy atom. The predicted octanol–water partition coefficient (Wildman–Crippen LogP) is 3.26. The van der Waals surface area contributed by atoms with E-state index >= 15 is 0 Å². The van der Waals surface area contributed by atoms with Crippen molar-refractivity contribution in [3.63, 3.8) is 0 Å². The van der Waals surface area contributed by atoms with Crippen molar-refractivity contribution in [3.8, 4) is 0 Å². The molecule has 1 N–H and O–H groups in total. The molecule has 0 saturated carbocycles. The monoisotopic (exact) mass is 293 g/mol. The number of hydrogen-bond donors (Lipinski definition) is 1. The van der Waals surface area contributed by atoms with Crippen molar-refractivity contribution in [2.75, 3.05) is 31.5 Å². The molecule has 2 heterocycles. The van der Waals surface area contributed by atoms with Gasteiger partial charge in [0.2, 0.25) is 0 Å². The normalized spacial score (nSPS) is 16.8. The van der Waals surface area contributed by atoms with Gasteiger partial charge in [-0.2, -0.15) is 13.2 Å². The quantitative estimate of drug-likeness (QED) is 0.923. The van der Waals surface area contributed by atoms with E-state index in [1.807, 2.05) is 0 Å². The van der Waals surface area contributed by atoms with Crippen LogP contribution >= 0.6 is 11.6 Å². The average Bonchev–Trinajstić information content (AvgIpc) is 2.83. The first-order chi connectivity index (χ1) is 8.97. The van der Waals surface area contributed by atoms with Gasteiger partial charge in [-0.1, -0.05) is 11.6 Å². The fraction of sp³-hybridized carbons (Fsp3) is 0.583. The highest BCUT2D eigenvalue weighted by Crippen LogP contribution is 2.32. The van der Waals surface area contributed by atoms with E-state index in [1.165, 1.54) is 12.8 Å². The highest BCUT2D eigenvalue weighted by molar-refractivity contribution is 6.32. The standard InChI is InChI=1S/C12H15ClF3N3/c13-10-7-9(12(14,15)16)8-18-11(10)17-3-6-19-4-1-2-5-19/h7-8H,1-6H2,(H,17,18). The summed E-state index contributed by atoms with van der Waals surface area (Å²) < 4.78 is 37.3. The molecule has 0 amide bonds. The van der Waals surface area contributed by atoms with Crippen LogP contribution in [0.2, 0.25) is 5.02 Å². The van der Waals surface area contributed by atoms with Gasteiger partial charge in [0.15, 0.2) is 0 Å². The number of hydrogen-bond acceptors (Lipinski definition) is 3. The summed E-state index contributed by atoms with van der Waals surface area (Å²) in [5.74, 6) is 0.300. The van der Waals surface area contributed by atoms with Crippen molar-refractivity contribution in [1.29, 1.82) is 0 Å². The summed E-state index contributed by atoms with van der Waals surface area (Å²) in [6, 6.07) is 0.896. The maximum atomic E-state index is 12.4. The van der Waals surface area contributed by atoms with Gasteiger partial charge >= 0.3 is 6.18 Å². The number of halogens is 4. The first kappa shape index (κ1) is 14.4. The minimum Gasteiger partial charge on any atom is -0.368 e. The van der Waals surface area contributed by atoms with Gasteiger partial charge < -0.3 is 10.2 Å². The summed E-state index contributed by atoms with van der Waals surface area (Å²) >= 11 is 5.79. The largest absolute Gasteiger partial charge is 0.417 e. The van der Waals surface area contributed by atoms with E-state index < -0.39 is 11.7 Å². The molecule has 2 rings (SSSR count). The van der Waals surface area contributed by atoms with Crippen molar-refractivity contribution in [1.82, 2.24) is 9.88 Å². The molecule has 7 heteroatoms. The van der Waals surface area contributed by atoms with E-state index in [0.717, 1.165) is 31.9 Å². The van der Waals surface area contributed by atoms with Crippen LogP contribution in [-0.2, 0) is 6.18 Å². The molecule has 1 aromatic heterocycles. The van der Waals surface area contributed by atoms with Crippen LogP contribution in [-0.4, -0.2) is 36.1 Å². The van der Waals surface area contributed by atoms with Gasteiger partial charge in [0.1, 0.15) is 5.82 Å². The smallest absolute Gasteiger partial charge is 0.368 e. The molecule has 0 radical (unpaired) electrons. The third-order valence-electron chi connectivity index (χ3n) is 3.09. The van der Waals surface area contributed by atoms with Crippen LogP contribution in [0.1, 0.15) is 18.4 Å². The number of likely N-dealkylation sites (tertiary alicyclic amines) is 1. The number of aromatic nitrogens is 1. The number of anilines is 1. The molecular weight excluding hydrogens is 279 g/mol. The zero-order valence-corrected chi connectivity index (χ0v) is 11.1. The SMILES string of the molecule is FC(F)(F)c1cnc(NCCN2CCCC2)c(Cl)c1. The second-order valence-electron chi connectivity index (χ2n) is 4.53. The number of nitrogens with zero attached hydrogens (tertiary/aromatic N) is 2. The minimum atomic E-state index is -4.41. The van der Waals surface area contributed by atoms with Crippen molar-refractivity contribution >= 4 is 17.4 Å². The third-order valence-corrected chi connectivity index (χ3v) is 3.38. The molecule has 1 fully saturated rings. The van der Waals surface area contributed by atoms with Gasteiger partial charge in [0, 0.05) is 19.3 Å². The van der Waals surface area contributed by atoms with E-state index in [-0.39, 0.29) is 5.02 Å². The Morgan fingerprint density at radius 2 is 2.00 bits per heavy atom. The summed E-state index contributed by atoms with van der Waals surface area (Å²) in [5.41, 5.74) is -0.831. The van der Waals surface area contributed by atoms with Crippen molar-refractivity contribution in [3.05, 3.63) is 22.8 Å². The topological polar surface area (TPSA) is 28.2 Å². The van der Waals surface area contributed by atoms with E-state index in [0.29, 0.717) is 12.4 Å². The van der Waals surface area contributed by atoms with Crippen LogP contribution in [0.5, 0.6) is 0 Å². The molecule has 0 aromatic carbocycles. The zero-order chi connectivity index (χ0) is 13.9. The molecule has 0 aliphatic carbocycles. The van der Waals surface area contributed by atoms with Crippen molar-refractivity contribution < 1.29 is 13.2 Å². The lowest BCUT2D eigenvalue weighted by molar-refractivity contribution is -0.137. The Balaban J connectivity index is 1.90. The zero-order valence-electron chi connectivity index (χ0n) is 10.3. The fourth-order valence-corrected chi connectivity index (χ4v) is 2.29. The Labute approximate surface area is 114 Å². The molecule has 1 aliphatic rings. The Morgan fingerprint density at radius 1 is 1.32 bits per heavy atom. The number of rotatable bonds is 4. The van der Waals surface area contributed by atoms with Crippen molar-refractivity contribution in [2.45, 2.75) is 19.0 Å². The van der Waals surface area contributed by atoms with E-state index in [2.05, 4.69) is 15.2 Å². The second-order valence-corrected chi connectivity index (χ2v) is 4.93. The van der Waals surface area contributed by atoms with Gasteiger partial charge in [-0.15, -0.1) is 0 Å². The number of pyridine rings is 1. The lowest BCUT2D eigenvalue weighted by Gasteiger charge is -2.15. The number of nitrogens with one attached hydrogen (secondary N) is 1. The number of alkyl halides is 3. The summed E-state index contributed by atoms with van der Waals surface area (Å²) in [6.45, 7) is 3.63. The highest BCUT2D eigenvalue weighted by Gasteiger charge is 2.31. The van der Waals surface area contributed by atoms with Crippen LogP contribution in [0.15, 0.2) is 12.3 Å². The molecule has 19 heavy (non-hydrogen) atoms. The molecule has 1 aliphatic heterocycles. The summed E-state index contributed by atoms with van der Waals surface area (Å²) in [7, 11) is 0. The minimum absolute atomic E-state index is 0.00348. The maximum absolute atomic E-state index is 12.4. The fourth-order valence-electron chi connectivity index (χ4n) is 2.06. The molecule has 0 spiro atoms. The molecule has 3 nitrogen and oxygen atoms in total. The van der Waals surface area contributed by atoms with Crippen LogP contribution in [0.4, 0.5) is 19.0 Å². The Bertz CT molecular complexity index is 431. The van der Waals surface area contributed by atoms with Gasteiger partial charge in [0.25, 0.3) is 0 Å². The molecule has 0 atom stereocenters. The van der Waals surface area contributed by atoms with Crippen LogP contribution < -0.4 is 5.32 Å². The van der Waals surface area contributed by atoms with Crippen LogP contribution in [0.25, 0.3) is 0 Å². The van der Waals surface area contributed by atoms with Gasteiger partial charge in [-0.3, -0.25) is 0 Å². The van der Waals surface area contributed by atoms with Gasteiger partial charge in [0.05, 0.1) is 10.6 Å². The first-order valence-corrected chi connectivity index (χ1v) is 6.53. The van der Waals surface area contributed by atoms with E-state index in [1.54, 1.807) is 0 Å². The third kappa shape index (κ3) is 3.98. The van der Waals surface area contributed by atoms with E-state index in [9.17, 15) is 13.2 Å². The van der Waals surface area contributed by atoms with Gasteiger partial charge in [-0.05, 0) is 32.0 Å². The molecule has 106 valence electrons. The van der Waals surface area contributed by atoms with Gasteiger partial charge in [-0.25, -0.2) is 4.98 Å². The van der Waals surface area contributed by atoms with Crippen LogP contribution in [0, 0.1) is 0 Å². The van der Waals surface area contributed by atoms with Crippen molar-refractivity contribution in [2.24, 2.45) is 0 Å². The lowest BCUT2D eigenvalue weighted by atomic mass is 10.3. The summed E-state index contributed by atoms with van der Waals surface area (Å²) in [5, 5.41) is 2.96. The van der Waals surface area contributed by atoms with Crippen LogP contribution in [0.3, 0.4) is 0 Å². The average molecular weight is 294 g/mol. The Kier molecular flexibility index (Phi) is 4.52. The maximum Gasteiger partial charge on any atom is 0.417 e. The predicted molar refractivity (Wildman–Crippen MR) is 68.4 cm³/mol. The molecule has 1 aromatic rings.